The highest BCUT2D eigenvalue weighted by Crippen LogP contribution is 2.51. The monoisotopic (exact) mass is 791 g/mol. The molecule has 0 radical (unpaired) electrons. The summed E-state index contributed by atoms with van der Waals surface area (Å²) in [4.78, 5) is 6.52. The van der Waals surface area contributed by atoms with Crippen LogP contribution < -0.4 is 4.90 Å². The number of para-hydroxylation sites is 3. The van der Waals surface area contributed by atoms with E-state index in [9.17, 15) is 5.26 Å². The fourth-order valence-corrected chi connectivity index (χ4v) is 10.3. The van der Waals surface area contributed by atoms with Crippen molar-refractivity contribution in [2.45, 2.75) is 19.3 Å². The molecular formula is C57H37N5. The van der Waals surface area contributed by atoms with Crippen LogP contribution in [-0.4, -0.2) is 9.13 Å². The number of fused-ring (bicyclic) bond motifs is 11. The van der Waals surface area contributed by atoms with Gasteiger partial charge in [-0.3, -0.25) is 0 Å². The molecule has 1 aliphatic rings. The van der Waals surface area contributed by atoms with Gasteiger partial charge in [-0.05, 0) is 112 Å². The summed E-state index contributed by atoms with van der Waals surface area (Å²) in [7, 11) is 0. The topological polar surface area (TPSA) is 41.2 Å². The first-order chi connectivity index (χ1) is 30.4. The van der Waals surface area contributed by atoms with Gasteiger partial charge in [-0.1, -0.05) is 123 Å². The van der Waals surface area contributed by atoms with Crippen molar-refractivity contribution >= 4 is 77.1 Å². The van der Waals surface area contributed by atoms with Crippen molar-refractivity contribution < 1.29 is 0 Å². The van der Waals surface area contributed by atoms with E-state index in [4.69, 9.17) is 6.57 Å². The lowest BCUT2D eigenvalue weighted by Crippen LogP contribution is -2.15. The first-order valence-corrected chi connectivity index (χ1v) is 20.9. The Labute approximate surface area is 359 Å². The molecule has 5 nitrogen and oxygen atoms in total. The normalized spacial score (nSPS) is 12.8. The third-order valence-electron chi connectivity index (χ3n) is 13.1. The number of anilines is 3. The van der Waals surface area contributed by atoms with Gasteiger partial charge in [-0.25, -0.2) is 4.85 Å². The molecule has 11 aromatic rings. The van der Waals surface area contributed by atoms with E-state index in [1.807, 2.05) is 30.3 Å². The Morgan fingerprint density at radius 2 is 1.15 bits per heavy atom. The number of rotatable bonds is 5. The summed E-state index contributed by atoms with van der Waals surface area (Å²) in [5, 5.41) is 17.8. The maximum absolute atomic E-state index is 11.1. The Balaban J connectivity index is 1.12. The quantitative estimate of drug-likeness (QED) is 0.163. The van der Waals surface area contributed by atoms with E-state index >= 15 is 0 Å². The molecule has 62 heavy (non-hydrogen) atoms. The molecule has 0 saturated carbocycles. The zero-order valence-electron chi connectivity index (χ0n) is 34.1. The maximum atomic E-state index is 11.1. The summed E-state index contributed by atoms with van der Waals surface area (Å²) < 4.78 is 4.39. The molecule has 0 amide bonds. The van der Waals surface area contributed by atoms with Crippen LogP contribution in [0.5, 0.6) is 0 Å². The second-order valence-corrected chi connectivity index (χ2v) is 16.7. The van der Waals surface area contributed by atoms with Gasteiger partial charge in [0.25, 0.3) is 0 Å². The van der Waals surface area contributed by atoms with Crippen LogP contribution in [0.4, 0.5) is 22.7 Å². The summed E-state index contributed by atoms with van der Waals surface area (Å²) in [6, 6.07) is 68.5. The maximum Gasteiger partial charge on any atom is 0.212 e. The van der Waals surface area contributed by atoms with E-state index in [1.54, 1.807) is 0 Å². The summed E-state index contributed by atoms with van der Waals surface area (Å²) >= 11 is 0. The van der Waals surface area contributed by atoms with E-state index in [0.717, 1.165) is 71.4 Å². The summed E-state index contributed by atoms with van der Waals surface area (Å²) in [5.74, 6) is 0. The van der Waals surface area contributed by atoms with Crippen LogP contribution in [0.1, 0.15) is 30.5 Å². The number of benzene rings is 9. The largest absolute Gasteiger partial charge is 0.319 e. The van der Waals surface area contributed by atoms with Crippen LogP contribution >= 0.6 is 0 Å². The van der Waals surface area contributed by atoms with Gasteiger partial charge in [0.2, 0.25) is 5.69 Å². The van der Waals surface area contributed by atoms with E-state index in [2.05, 4.69) is 197 Å². The standard InChI is InChI=1S/C57H37N5/c1-57(2)47-24-14-12-22-42(47)44-32-45-43-23-13-15-25-50(43)62(54(45)33-48(44)57)53-34-49(59-3)55(30-37(53)35-58)61-51-29-27-40(60(38-17-6-4-7-18-38)39-19-8-5-9-20-39)31-46(51)56-41-21-11-10-16-36(41)26-28-52(56)61/h4-34H,1-2H3. The van der Waals surface area contributed by atoms with Crippen LogP contribution in [0.25, 0.3) is 81.7 Å². The van der Waals surface area contributed by atoms with Crippen LogP contribution in [0, 0.1) is 17.9 Å². The Kier molecular flexibility index (Phi) is 7.64. The molecule has 0 bridgehead atoms. The molecule has 0 spiro atoms. The van der Waals surface area contributed by atoms with Crippen molar-refractivity contribution in [3.8, 4) is 28.6 Å². The van der Waals surface area contributed by atoms with Crippen molar-refractivity contribution in [2.24, 2.45) is 0 Å². The lowest BCUT2D eigenvalue weighted by molar-refractivity contribution is 0.661. The predicted molar refractivity (Wildman–Crippen MR) is 256 cm³/mol. The van der Waals surface area contributed by atoms with E-state index < -0.39 is 0 Å². The SMILES string of the molecule is [C-]#[N+]c1cc(-n2c3ccccc3c3cc4c(cc32)C(C)(C)c2ccccc2-4)c(C#N)cc1-n1c2ccc(N(c3ccccc3)c3ccccc3)cc2c2c3ccccc3ccc21. The first kappa shape index (κ1) is 35.6. The molecule has 0 fully saturated rings. The summed E-state index contributed by atoms with van der Waals surface area (Å²) in [6.07, 6.45) is 0. The van der Waals surface area contributed by atoms with Crippen LogP contribution in [0.2, 0.25) is 0 Å². The molecule has 9 aromatic carbocycles. The zero-order valence-corrected chi connectivity index (χ0v) is 34.1. The first-order valence-electron chi connectivity index (χ1n) is 20.9. The van der Waals surface area contributed by atoms with Gasteiger partial charge >= 0.3 is 0 Å². The predicted octanol–water partition coefficient (Wildman–Crippen LogP) is 15.2. The van der Waals surface area contributed by atoms with E-state index in [0.29, 0.717) is 22.6 Å². The number of aromatic nitrogens is 2. The van der Waals surface area contributed by atoms with Gasteiger partial charge in [-0.15, -0.1) is 0 Å². The number of hydrogen-bond acceptors (Lipinski definition) is 2. The third kappa shape index (κ3) is 5.00. The molecule has 0 unspecified atom stereocenters. The lowest BCUT2D eigenvalue weighted by Gasteiger charge is -2.25. The molecule has 0 saturated heterocycles. The van der Waals surface area contributed by atoms with Gasteiger partial charge in [0.15, 0.2) is 0 Å². The fraction of sp³-hybridized carbons (Fsp3) is 0.0526. The van der Waals surface area contributed by atoms with Crippen molar-refractivity contribution in [2.75, 3.05) is 4.90 Å². The van der Waals surface area contributed by atoms with Gasteiger partial charge in [0, 0.05) is 44.0 Å². The summed E-state index contributed by atoms with van der Waals surface area (Å²) in [5.41, 5.74) is 14.3. The van der Waals surface area contributed by atoms with E-state index in [1.165, 1.54) is 22.3 Å². The van der Waals surface area contributed by atoms with Gasteiger partial charge < -0.3 is 14.0 Å². The number of nitriles is 1. The molecule has 2 aromatic heterocycles. The Morgan fingerprint density at radius 3 is 1.90 bits per heavy atom. The molecule has 12 rings (SSSR count). The highest BCUT2D eigenvalue weighted by Gasteiger charge is 2.36. The fourth-order valence-electron chi connectivity index (χ4n) is 10.3. The average Bonchev–Trinajstić information content (AvgIpc) is 3.91. The highest BCUT2D eigenvalue weighted by molar-refractivity contribution is 6.22. The Morgan fingerprint density at radius 1 is 0.500 bits per heavy atom. The van der Waals surface area contributed by atoms with Crippen molar-refractivity contribution in [1.29, 1.82) is 5.26 Å². The lowest BCUT2D eigenvalue weighted by atomic mass is 9.82. The smallest absolute Gasteiger partial charge is 0.212 e. The van der Waals surface area contributed by atoms with Crippen LogP contribution in [0.15, 0.2) is 188 Å². The minimum atomic E-state index is -0.204. The van der Waals surface area contributed by atoms with E-state index in [-0.39, 0.29) is 5.41 Å². The average molecular weight is 792 g/mol. The molecule has 0 N–H and O–H groups in total. The molecule has 5 heteroatoms. The highest BCUT2D eigenvalue weighted by atomic mass is 15.1. The Hall–Kier alpha value is -8.38. The molecule has 1 aliphatic carbocycles. The number of hydrogen-bond donors (Lipinski definition) is 0. The molecule has 290 valence electrons. The van der Waals surface area contributed by atoms with Crippen molar-refractivity contribution in [1.82, 2.24) is 9.13 Å². The van der Waals surface area contributed by atoms with Gasteiger partial charge in [-0.2, -0.15) is 5.26 Å². The summed E-state index contributed by atoms with van der Waals surface area (Å²) in [6.45, 7) is 13.3. The number of nitrogens with zero attached hydrogens (tertiary/aromatic N) is 5. The molecular weight excluding hydrogens is 755 g/mol. The van der Waals surface area contributed by atoms with Crippen LogP contribution in [-0.2, 0) is 5.41 Å². The third-order valence-corrected chi connectivity index (χ3v) is 13.1. The zero-order chi connectivity index (χ0) is 41.7. The van der Waals surface area contributed by atoms with Gasteiger partial charge in [0.1, 0.15) is 6.07 Å². The van der Waals surface area contributed by atoms with Crippen molar-refractivity contribution in [3.63, 3.8) is 0 Å². The van der Waals surface area contributed by atoms with Crippen LogP contribution in [0.3, 0.4) is 0 Å². The Bertz CT molecular complexity index is 3700. The molecule has 0 atom stereocenters. The molecule has 0 aliphatic heterocycles. The van der Waals surface area contributed by atoms with Gasteiger partial charge in [0.05, 0.1) is 45.6 Å². The second-order valence-electron chi connectivity index (χ2n) is 16.7. The molecule has 2 heterocycles. The van der Waals surface area contributed by atoms with Crippen molar-refractivity contribution in [3.05, 3.63) is 216 Å². The minimum absolute atomic E-state index is 0.204. The second kappa shape index (κ2) is 13.3. The minimum Gasteiger partial charge on any atom is -0.319 e.